The Morgan fingerprint density at radius 3 is 2.71 bits per heavy atom. The molecule has 2 aromatic rings. The van der Waals surface area contributed by atoms with E-state index in [0.29, 0.717) is 0 Å². The fourth-order valence-electron chi connectivity index (χ4n) is 1.96. The molecule has 1 atom stereocenters. The average Bonchev–Trinajstić information content (AvgIpc) is 2.81. The Bertz CT molecular complexity index is 463. The Labute approximate surface area is 107 Å². The van der Waals surface area contributed by atoms with Crippen LogP contribution in [0.25, 0.3) is 0 Å². The van der Waals surface area contributed by atoms with Crippen LogP contribution in [0.2, 0.25) is 0 Å². The van der Waals surface area contributed by atoms with E-state index in [1.54, 1.807) is 11.3 Å². The summed E-state index contributed by atoms with van der Waals surface area (Å²) in [4.78, 5) is 2.25. The molecule has 2 rings (SSSR count). The van der Waals surface area contributed by atoms with Crippen LogP contribution in [0.3, 0.4) is 0 Å². The van der Waals surface area contributed by atoms with Gasteiger partial charge in [0.05, 0.1) is 0 Å². The molecule has 0 aliphatic heterocycles. The summed E-state index contributed by atoms with van der Waals surface area (Å²) in [6, 6.07) is 10.6. The summed E-state index contributed by atoms with van der Waals surface area (Å²) < 4.78 is 0. The Hall–Kier alpha value is -1.32. The van der Waals surface area contributed by atoms with E-state index in [1.807, 2.05) is 13.0 Å². The van der Waals surface area contributed by atoms with Gasteiger partial charge in [-0.05, 0) is 40.9 Å². The Kier molecular flexibility index (Phi) is 3.82. The largest absolute Gasteiger partial charge is 0.370 e. The van der Waals surface area contributed by atoms with Crippen molar-refractivity contribution in [2.75, 3.05) is 11.9 Å². The van der Waals surface area contributed by atoms with Crippen LogP contribution in [-0.2, 0) is 6.54 Å². The van der Waals surface area contributed by atoms with E-state index < -0.39 is 0 Å². The molecular formula is C14H18N2S. The molecule has 0 amide bonds. The molecule has 17 heavy (non-hydrogen) atoms. The number of anilines is 1. The predicted octanol–water partition coefficient (Wildman–Crippen LogP) is 3.40. The summed E-state index contributed by atoms with van der Waals surface area (Å²) in [5.41, 5.74) is 9.76. The molecular weight excluding hydrogens is 228 g/mol. The second kappa shape index (κ2) is 5.34. The predicted molar refractivity (Wildman–Crippen MR) is 75.5 cm³/mol. The van der Waals surface area contributed by atoms with Gasteiger partial charge in [0, 0.05) is 25.3 Å². The Morgan fingerprint density at radius 1 is 1.29 bits per heavy atom. The van der Waals surface area contributed by atoms with E-state index in [0.717, 1.165) is 6.54 Å². The summed E-state index contributed by atoms with van der Waals surface area (Å²) in [7, 11) is 2.11. The van der Waals surface area contributed by atoms with Crippen LogP contribution in [0.1, 0.15) is 24.1 Å². The minimum absolute atomic E-state index is 0.0659. The topological polar surface area (TPSA) is 29.3 Å². The van der Waals surface area contributed by atoms with Crippen molar-refractivity contribution in [3.05, 3.63) is 52.2 Å². The van der Waals surface area contributed by atoms with Gasteiger partial charge in [0.1, 0.15) is 0 Å². The Balaban J connectivity index is 2.21. The first-order valence-electron chi connectivity index (χ1n) is 5.75. The number of hydrogen-bond acceptors (Lipinski definition) is 3. The molecule has 0 saturated heterocycles. The highest BCUT2D eigenvalue weighted by atomic mass is 32.1. The minimum Gasteiger partial charge on any atom is -0.370 e. The molecule has 1 heterocycles. The maximum absolute atomic E-state index is 6.00. The van der Waals surface area contributed by atoms with Crippen molar-refractivity contribution in [1.29, 1.82) is 0 Å². The molecule has 0 spiro atoms. The number of hydrogen-bond donors (Lipinski definition) is 1. The molecule has 0 aliphatic rings. The molecule has 1 aromatic heterocycles. The molecule has 90 valence electrons. The highest BCUT2D eigenvalue weighted by Crippen LogP contribution is 2.25. The molecule has 0 bridgehead atoms. The van der Waals surface area contributed by atoms with Crippen molar-refractivity contribution in [2.45, 2.75) is 19.5 Å². The zero-order valence-corrected chi connectivity index (χ0v) is 11.1. The van der Waals surface area contributed by atoms with Crippen molar-refractivity contribution >= 4 is 17.0 Å². The Morgan fingerprint density at radius 2 is 2.06 bits per heavy atom. The molecule has 2 N–H and O–H groups in total. The van der Waals surface area contributed by atoms with E-state index in [4.69, 9.17) is 5.73 Å². The maximum Gasteiger partial charge on any atom is 0.0434 e. The van der Waals surface area contributed by atoms with Gasteiger partial charge in [-0.25, -0.2) is 0 Å². The van der Waals surface area contributed by atoms with Crippen LogP contribution in [0, 0.1) is 0 Å². The third-order valence-corrected chi connectivity index (χ3v) is 3.57. The lowest BCUT2D eigenvalue weighted by atomic mass is 10.1. The normalized spacial score (nSPS) is 12.4. The van der Waals surface area contributed by atoms with Crippen molar-refractivity contribution in [3.63, 3.8) is 0 Å². The fourth-order valence-corrected chi connectivity index (χ4v) is 2.62. The van der Waals surface area contributed by atoms with Crippen molar-refractivity contribution in [3.8, 4) is 0 Å². The number of thiophene rings is 1. The van der Waals surface area contributed by atoms with Gasteiger partial charge in [-0.15, -0.1) is 0 Å². The zero-order valence-electron chi connectivity index (χ0n) is 10.3. The third-order valence-electron chi connectivity index (χ3n) is 2.84. The van der Waals surface area contributed by atoms with E-state index >= 15 is 0 Å². The second-order valence-corrected chi connectivity index (χ2v) is 5.12. The molecule has 0 unspecified atom stereocenters. The first-order valence-corrected chi connectivity index (χ1v) is 6.69. The molecule has 0 aliphatic carbocycles. The number of benzene rings is 1. The van der Waals surface area contributed by atoms with Gasteiger partial charge < -0.3 is 10.6 Å². The van der Waals surface area contributed by atoms with Crippen LogP contribution in [0.15, 0.2) is 41.1 Å². The molecule has 2 nitrogen and oxygen atoms in total. The van der Waals surface area contributed by atoms with Crippen LogP contribution in [0.5, 0.6) is 0 Å². The highest BCUT2D eigenvalue weighted by Gasteiger charge is 2.10. The summed E-state index contributed by atoms with van der Waals surface area (Å²) >= 11 is 1.74. The summed E-state index contributed by atoms with van der Waals surface area (Å²) in [6.07, 6.45) is 0. The zero-order chi connectivity index (χ0) is 12.3. The van der Waals surface area contributed by atoms with Crippen molar-refractivity contribution in [1.82, 2.24) is 0 Å². The number of nitrogens with zero attached hydrogens (tertiary/aromatic N) is 1. The number of rotatable bonds is 4. The van der Waals surface area contributed by atoms with Crippen LogP contribution in [0.4, 0.5) is 5.69 Å². The van der Waals surface area contributed by atoms with Crippen molar-refractivity contribution in [2.24, 2.45) is 5.73 Å². The minimum atomic E-state index is 0.0659. The lowest BCUT2D eigenvalue weighted by molar-refractivity contribution is 0.801. The number of nitrogens with two attached hydrogens (primary N) is 1. The lowest BCUT2D eigenvalue weighted by Gasteiger charge is -2.23. The monoisotopic (exact) mass is 246 g/mol. The van der Waals surface area contributed by atoms with Gasteiger partial charge in [-0.1, -0.05) is 18.2 Å². The summed E-state index contributed by atoms with van der Waals surface area (Å²) in [5, 5.41) is 4.30. The van der Waals surface area contributed by atoms with Gasteiger partial charge in [-0.3, -0.25) is 0 Å². The smallest absolute Gasteiger partial charge is 0.0434 e. The third kappa shape index (κ3) is 2.87. The highest BCUT2D eigenvalue weighted by molar-refractivity contribution is 7.07. The molecule has 3 heteroatoms. The second-order valence-electron chi connectivity index (χ2n) is 4.34. The number of para-hydroxylation sites is 1. The lowest BCUT2D eigenvalue weighted by Crippen LogP contribution is -2.19. The fraction of sp³-hybridized carbons (Fsp3) is 0.286. The molecule has 0 fully saturated rings. The van der Waals surface area contributed by atoms with Crippen molar-refractivity contribution < 1.29 is 0 Å². The van der Waals surface area contributed by atoms with Gasteiger partial charge in [0.15, 0.2) is 0 Å². The van der Waals surface area contributed by atoms with Gasteiger partial charge in [0.2, 0.25) is 0 Å². The van der Waals surface area contributed by atoms with E-state index in [1.165, 1.54) is 16.8 Å². The van der Waals surface area contributed by atoms with Gasteiger partial charge in [-0.2, -0.15) is 11.3 Å². The van der Waals surface area contributed by atoms with Crippen LogP contribution in [-0.4, -0.2) is 7.05 Å². The summed E-state index contributed by atoms with van der Waals surface area (Å²) in [5.74, 6) is 0. The van der Waals surface area contributed by atoms with Crippen LogP contribution < -0.4 is 10.6 Å². The molecule has 0 radical (unpaired) electrons. The van der Waals surface area contributed by atoms with Gasteiger partial charge >= 0.3 is 0 Å². The average molecular weight is 246 g/mol. The van der Waals surface area contributed by atoms with E-state index in [9.17, 15) is 0 Å². The molecule has 0 saturated carbocycles. The van der Waals surface area contributed by atoms with Gasteiger partial charge in [0.25, 0.3) is 0 Å². The molecule has 1 aromatic carbocycles. The van der Waals surface area contributed by atoms with E-state index in [2.05, 4.69) is 47.0 Å². The SMILES string of the molecule is C[C@@H](N)c1ccccc1N(C)Cc1ccsc1. The standard InChI is InChI=1S/C14H18N2S/c1-11(15)13-5-3-4-6-14(13)16(2)9-12-7-8-17-10-12/h3-8,10-11H,9,15H2,1-2H3/t11-/m1/s1. The summed E-state index contributed by atoms with van der Waals surface area (Å²) in [6.45, 7) is 2.95. The quantitative estimate of drug-likeness (QED) is 0.896. The maximum atomic E-state index is 6.00. The first kappa shape index (κ1) is 12.1. The van der Waals surface area contributed by atoms with E-state index in [-0.39, 0.29) is 6.04 Å². The van der Waals surface area contributed by atoms with Crippen LogP contribution >= 0.6 is 11.3 Å². The first-order chi connectivity index (χ1) is 8.18.